The van der Waals surface area contributed by atoms with Crippen LogP contribution in [-0.2, 0) is 6.54 Å². The van der Waals surface area contributed by atoms with Gasteiger partial charge in [0.05, 0.1) is 17.4 Å². The number of fused-ring (bicyclic) bond motifs is 1. The summed E-state index contributed by atoms with van der Waals surface area (Å²) in [5.41, 5.74) is 2.93. The molecule has 1 heterocycles. The Morgan fingerprint density at radius 1 is 1.26 bits per heavy atom. The Balaban J connectivity index is 1.53. The van der Waals surface area contributed by atoms with Crippen LogP contribution in [-0.4, -0.2) is 22.0 Å². The molecule has 0 saturated heterocycles. The lowest BCUT2D eigenvalue weighted by molar-refractivity contribution is 0.0952. The molecule has 0 fully saturated rings. The van der Waals surface area contributed by atoms with Crippen LogP contribution in [0.5, 0.6) is 0 Å². The van der Waals surface area contributed by atoms with E-state index in [1.807, 2.05) is 30.6 Å². The number of amides is 1. The van der Waals surface area contributed by atoms with Crippen molar-refractivity contribution < 1.29 is 9.18 Å². The first kappa shape index (κ1) is 15.2. The number of aromatic nitrogens is 2. The quantitative estimate of drug-likeness (QED) is 0.735. The van der Waals surface area contributed by atoms with Gasteiger partial charge < -0.3 is 9.88 Å². The van der Waals surface area contributed by atoms with Crippen LogP contribution < -0.4 is 5.32 Å². The van der Waals surface area contributed by atoms with E-state index in [0.29, 0.717) is 17.7 Å². The fraction of sp³-hybridized carbons (Fsp3) is 0.222. The Morgan fingerprint density at radius 2 is 2.09 bits per heavy atom. The zero-order valence-electron chi connectivity index (χ0n) is 12.9. The molecule has 23 heavy (non-hydrogen) atoms. The number of carbonyl (C=O) groups is 1. The number of rotatable bonds is 5. The summed E-state index contributed by atoms with van der Waals surface area (Å²) in [6.45, 7) is 2.97. The summed E-state index contributed by atoms with van der Waals surface area (Å²) in [6.07, 6.45) is 2.59. The third-order valence-electron chi connectivity index (χ3n) is 3.82. The highest BCUT2D eigenvalue weighted by Gasteiger charge is 2.07. The van der Waals surface area contributed by atoms with Crippen LogP contribution in [0.15, 0.2) is 48.8 Å². The van der Waals surface area contributed by atoms with E-state index in [4.69, 9.17) is 0 Å². The molecule has 118 valence electrons. The maximum Gasteiger partial charge on any atom is 0.251 e. The van der Waals surface area contributed by atoms with E-state index in [1.54, 1.807) is 19.1 Å². The number of para-hydroxylation sites is 2. The molecule has 0 aliphatic rings. The second-order valence-electron chi connectivity index (χ2n) is 5.50. The van der Waals surface area contributed by atoms with Gasteiger partial charge in [0.15, 0.2) is 0 Å². The van der Waals surface area contributed by atoms with E-state index in [0.717, 1.165) is 24.0 Å². The number of nitrogens with one attached hydrogen (secondary N) is 1. The van der Waals surface area contributed by atoms with Crippen molar-refractivity contribution in [2.45, 2.75) is 19.9 Å². The van der Waals surface area contributed by atoms with Crippen molar-refractivity contribution in [1.82, 2.24) is 14.9 Å². The smallest absolute Gasteiger partial charge is 0.251 e. The van der Waals surface area contributed by atoms with E-state index in [1.165, 1.54) is 6.07 Å². The summed E-state index contributed by atoms with van der Waals surface area (Å²) < 4.78 is 15.5. The maximum atomic E-state index is 13.5. The summed E-state index contributed by atoms with van der Waals surface area (Å²) >= 11 is 0. The van der Waals surface area contributed by atoms with Gasteiger partial charge in [0.1, 0.15) is 5.82 Å². The van der Waals surface area contributed by atoms with Gasteiger partial charge in [0.25, 0.3) is 5.91 Å². The number of nitrogens with zero attached hydrogens (tertiary/aromatic N) is 2. The standard InChI is InChI=1S/C18H18FN3O/c1-13-7-8-14(11-15(13)19)18(23)20-9-4-10-22-12-21-16-5-2-3-6-17(16)22/h2-3,5-8,11-12H,4,9-10H2,1H3,(H,20,23). The number of aryl methyl sites for hydroxylation is 2. The van der Waals surface area contributed by atoms with Crippen molar-refractivity contribution in [1.29, 1.82) is 0 Å². The predicted molar refractivity (Wildman–Crippen MR) is 87.8 cm³/mol. The summed E-state index contributed by atoms with van der Waals surface area (Å²) in [6, 6.07) is 12.5. The number of halogens is 1. The van der Waals surface area contributed by atoms with Gasteiger partial charge in [-0.3, -0.25) is 4.79 Å². The maximum absolute atomic E-state index is 13.5. The molecule has 0 aliphatic heterocycles. The highest BCUT2D eigenvalue weighted by atomic mass is 19.1. The Kier molecular flexibility index (Phi) is 4.37. The lowest BCUT2D eigenvalue weighted by atomic mass is 10.1. The molecule has 0 aliphatic carbocycles. The molecule has 2 aromatic carbocycles. The van der Waals surface area contributed by atoms with Crippen molar-refractivity contribution in [2.75, 3.05) is 6.54 Å². The molecule has 1 amide bonds. The summed E-state index contributed by atoms with van der Waals surface area (Å²) in [4.78, 5) is 16.3. The minimum absolute atomic E-state index is 0.251. The molecule has 0 radical (unpaired) electrons. The number of hydrogen-bond acceptors (Lipinski definition) is 2. The van der Waals surface area contributed by atoms with E-state index >= 15 is 0 Å². The van der Waals surface area contributed by atoms with Gasteiger partial charge in [-0.05, 0) is 43.2 Å². The molecule has 0 atom stereocenters. The van der Waals surface area contributed by atoms with Crippen LogP contribution in [0.25, 0.3) is 11.0 Å². The van der Waals surface area contributed by atoms with Crippen LogP contribution in [0.2, 0.25) is 0 Å². The van der Waals surface area contributed by atoms with Crippen molar-refractivity contribution in [3.8, 4) is 0 Å². The normalized spacial score (nSPS) is 10.9. The molecular weight excluding hydrogens is 293 g/mol. The Morgan fingerprint density at radius 3 is 2.91 bits per heavy atom. The fourth-order valence-electron chi connectivity index (χ4n) is 2.48. The van der Waals surface area contributed by atoms with E-state index < -0.39 is 0 Å². The lowest BCUT2D eigenvalue weighted by Gasteiger charge is -2.07. The lowest BCUT2D eigenvalue weighted by Crippen LogP contribution is -2.25. The first-order valence-electron chi connectivity index (χ1n) is 7.59. The summed E-state index contributed by atoms with van der Waals surface area (Å²) in [5.74, 6) is -0.609. The van der Waals surface area contributed by atoms with Crippen LogP contribution in [0.1, 0.15) is 22.3 Å². The van der Waals surface area contributed by atoms with Crippen LogP contribution >= 0.6 is 0 Å². The Bertz CT molecular complexity index is 841. The molecular formula is C18H18FN3O. The average molecular weight is 311 g/mol. The van der Waals surface area contributed by atoms with Crippen LogP contribution in [0.4, 0.5) is 4.39 Å². The highest BCUT2D eigenvalue weighted by molar-refractivity contribution is 5.94. The summed E-state index contributed by atoms with van der Waals surface area (Å²) in [7, 11) is 0. The SMILES string of the molecule is Cc1ccc(C(=O)NCCCn2cnc3ccccc32)cc1F. The predicted octanol–water partition coefficient (Wildman–Crippen LogP) is 3.30. The summed E-state index contributed by atoms with van der Waals surface area (Å²) in [5, 5.41) is 2.82. The number of carbonyl (C=O) groups excluding carboxylic acids is 1. The van der Waals surface area contributed by atoms with Gasteiger partial charge in [0.2, 0.25) is 0 Å². The molecule has 1 N–H and O–H groups in total. The van der Waals surface area contributed by atoms with Gasteiger partial charge in [-0.2, -0.15) is 0 Å². The van der Waals surface area contributed by atoms with Gasteiger partial charge in [-0.25, -0.2) is 9.37 Å². The largest absolute Gasteiger partial charge is 0.352 e. The second kappa shape index (κ2) is 6.60. The number of imidazole rings is 1. The van der Waals surface area contributed by atoms with Gasteiger partial charge in [-0.15, -0.1) is 0 Å². The van der Waals surface area contributed by atoms with E-state index in [2.05, 4.69) is 14.9 Å². The second-order valence-corrected chi connectivity index (χ2v) is 5.50. The number of benzene rings is 2. The Hall–Kier alpha value is -2.69. The minimum atomic E-state index is -0.359. The molecule has 3 rings (SSSR count). The van der Waals surface area contributed by atoms with E-state index in [-0.39, 0.29) is 11.7 Å². The topological polar surface area (TPSA) is 46.9 Å². The zero-order valence-corrected chi connectivity index (χ0v) is 12.9. The van der Waals surface area contributed by atoms with Gasteiger partial charge in [-0.1, -0.05) is 18.2 Å². The van der Waals surface area contributed by atoms with Crippen LogP contribution in [0.3, 0.4) is 0 Å². The Labute approximate surface area is 134 Å². The first-order valence-corrected chi connectivity index (χ1v) is 7.59. The van der Waals surface area contributed by atoms with E-state index in [9.17, 15) is 9.18 Å². The molecule has 0 saturated carbocycles. The molecule has 5 heteroatoms. The molecule has 0 bridgehead atoms. The third-order valence-corrected chi connectivity index (χ3v) is 3.82. The van der Waals surface area contributed by atoms with Crippen molar-refractivity contribution in [3.05, 3.63) is 65.7 Å². The molecule has 1 aromatic heterocycles. The molecule has 4 nitrogen and oxygen atoms in total. The third kappa shape index (κ3) is 3.39. The fourth-order valence-corrected chi connectivity index (χ4v) is 2.48. The van der Waals surface area contributed by atoms with Gasteiger partial charge >= 0.3 is 0 Å². The minimum Gasteiger partial charge on any atom is -0.352 e. The van der Waals surface area contributed by atoms with Crippen molar-refractivity contribution >= 4 is 16.9 Å². The molecule has 3 aromatic rings. The average Bonchev–Trinajstić information content (AvgIpc) is 2.97. The monoisotopic (exact) mass is 311 g/mol. The zero-order chi connectivity index (χ0) is 16.2. The van der Waals surface area contributed by atoms with Crippen molar-refractivity contribution in [2.24, 2.45) is 0 Å². The van der Waals surface area contributed by atoms with Crippen LogP contribution in [0, 0.1) is 12.7 Å². The van der Waals surface area contributed by atoms with Crippen molar-refractivity contribution in [3.63, 3.8) is 0 Å². The molecule has 0 spiro atoms. The molecule has 0 unspecified atom stereocenters. The van der Waals surface area contributed by atoms with Gasteiger partial charge in [0, 0.05) is 18.7 Å². The number of hydrogen-bond donors (Lipinski definition) is 1. The first-order chi connectivity index (χ1) is 11.1. The highest BCUT2D eigenvalue weighted by Crippen LogP contribution is 2.12.